The second kappa shape index (κ2) is 5.66. The number of H-pyrrole nitrogens is 1. The van der Waals surface area contributed by atoms with Gasteiger partial charge >= 0.3 is 0 Å². The van der Waals surface area contributed by atoms with E-state index in [1.165, 1.54) is 0 Å². The van der Waals surface area contributed by atoms with Crippen LogP contribution in [0, 0.1) is 0 Å². The molecule has 0 aliphatic carbocycles. The Kier molecular flexibility index (Phi) is 3.56. The first-order valence-corrected chi connectivity index (χ1v) is 6.26. The molecule has 0 fully saturated rings. The summed E-state index contributed by atoms with van der Waals surface area (Å²) in [6.45, 7) is 0.383. The molecule has 1 N–H and O–H groups in total. The number of aromatic nitrogens is 5. The number of tetrazole rings is 1. The van der Waals surface area contributed by atoms with Crippen molar-refractivity contribution in [1.82, 2.24) is 25.6 Å². The minimum Gasteiger partial charge on any atom is -0.487 e. The average Bonchev–Trinajstić information content (AvgIpc) is 3.01. The lowest BCUT2D eigenvalue weighted by molar-refractivity contribution is 0.301. The van der Waals surface area contributed by atoms with Gasteiger partial charge in [-0.1, -0.05) is 11.6 Å². The van der Waals surface area contributed by atoms with Crippen molar-refractivity contribution < 1.29 is 4.74 Å². The molecular weight excluding hydrogens is 278 g/mol. The molecule has 6 nitrogen and oxygen atoms in total. The summed E-state index contributed by atoms with van der Waals surface area (Å²) < 4.78 is 5.61. The van der Waals surface area contributed by atoms with Gasteiger partial charge in [0.25, 0.3) is 0 Å². The van der Waals surface area contributed by atoms with Gasteiger partial charge in [-0.3, -0.25) is 4.98 Å². The van der Waals surface area contributed by atoms with Gasteiger partial charge in [0.1, 0.15) is 12.4 Å². The molecule has 0 saturated heterocycles. The molecule has 100 valence electrons. The van der Waals surface area contributed by atoms with Crippen molar-refractivity contribution in [2.75, 3.05) is 0 Å². The van der Waals surface area contributed by atoms with Crippen molar-refractivity contribution in [3.63, 3.8) is 0 Å². The summed E-state index contributed by atoms with van der Waals surface area (Å²) in [4.78, 5) is 4.29. The maximum absolute atomic E-state index is 5.81. The number of hydrogen-bond acceptors (Lipinski definition) is 5. The number of benzene rings is 1. The van der Waals surface area contributed by atoms with Gasteiger partial charge in [0.2, 0.25) is 5.82 Å². The number of hydrogen-bond donors (Lipinski definition) is 1. The highest BCUT2D eigenvalue weighted by Crippen LogP contribution is 2.17. The Hall–Kier alpha value is -2.47. The van der Waals surface area contributed by atoms with E-state index in [4.69, 9.17) is 16.3 Å². The fourth-order valence-electron chi connectivity index (χ4n) is 1.61. The molecule has 0 spiro atoms. The standard InChI is InChI=1S/C13H10ClN5O/c14-10-2-5-12(6-3-10)20-8-11-4-1-9(7-15-11)13-16-18-19-17-13/h1-7H,8H2,(H,16,17,18,19). The van der Waals surface area contributed by atoms with E-state index in [0.717, 1.165) is 17.0 Å². The van der Waals surface area contributed by atoms with Crippen molar-refractivity contribution in [2.24, 2.45) is 0 Å². The maximum Gasteiger partial charge on any atom is 0.206 e. The summed E-state index contributed by atoms with van der Waals surface area (Å²) in [7, 11) is 0. The van der Waals surface area contributed by atoms with Crippen molar-refractivity contribution in [3.05, 3.63) is 53.3 Å². The number of pyridine rings is 1. The third kappa shape index (κ3) is 2.92. The first-order valence-electron chi connectivity index (χ1n) is 5.88. The van der Waals surface area contributed by atoms with Crippen molar-refractivity contribution in [1.29, 1.82) is 0 Å². The molecule has 0 bridgehead atoms. The second-order valence-electron chi connectivity index (χ2n) is 4.02. The summed E-state index contributed by atoms with van der Waals surface area (Å²) in [5, 5.41) is 14.4. The molecule has 0 aliphatic rings. The van der Waals surface area contributed by atoms with E-state index in [9.17, 15) is 0 Å². The summed E-state index contributed by atoms with van der Waals surface area (Å²) in [5.41, 5.74) is 1.61. The Morgan fingerprint density at radius 2 is 1.95 bits per heavy atom. The predicted octanol–water partition coefficient (Wildman–Crippen LogP) is 2.49. The van der Waals surface area contributed by atoms with Crippen LogP contribution in [0.15, 0.2) is 42.6 Å². The first kappa shape index (κ1) is 12.6. The van der Waals surface area contributed by atoms with Crippen LogP contribution >= 0.6 is 11.6 Å². The van der Waals surface area contributed by atoms with Gasteiger partial charge < -0.3 is 4.74 Å². The van der Waals surface area contributed by atoms with Crippen LogP contribution in [0.4, 0.5) is 0 Å². The van der Waals surface area contributed by atoms with Gasteiger partial charge in [-0.2, -0.15) is 5.21 Å². The Labute approximate surface area is 119 Å². The van der Waals surface area contributed by atoms with E-state index in [1.54, 1.807) is 18.3 Å². The normalized spacial score (nSPS) is 10.4. The molecule has 3 aromatic rings. The quantitative estimate of drug-likeness (QED) is 0.798. The molecule has 0 atom stereocenters. The number of rotatable bonds is 4. The highest BCUT2D eigenvalue weighted by Gasteiger charge is 2.04. The summed E-state index contributed by atoms with van der Waals surface area (Å²) in [6.07, 6.45) is 1.69. The molecule has 20 heavy (non-hydrogen) atoms. The lowest BCUT2D eigenvalue weighted by atomic mass is 10.2. The van der Waals surface area contributed by atoms with E-state index in [0.29, 0.717) is 17.5 Å². The van der Waals surface area contributed by atoms with Gasteiger partial charge in [-0.05, 0) is 41.6 Å². The summed E-state index contributed by atoms with van der Waals surface area (Å²) in [5.74, 6) is 1.26. The number of nitrogens with one attached hydrogen (secondary N) is 1. The van der Waals surface area contributed by atoms with Crippen LogP contribution in [0.25, 0.3) is 11.4 Å². The van der Waals surface area contributed by atoms with Crippen LogP contribution in [-0.4, -0.2) is 25.6 Å². The van der Waals surface area contributed by atoms with Gasteiger partial charge in [0.15, 0.2) is 0 Å². The first-order chi connectivity index (χ1) is 9.81. The zero-order chi connectivity index (χ0) is 13.8. The zero-order valence-corrected chi connectivity index (χ0v) is 11.1. The number of aromatic amines is 1. The van der Waals surface area contributed by atoms with Crippen LogP contribution in [0.5, 0.6) is 5.75 Å². The summed E-state index contributed by atoms with van der Waals surface area (Å²) in [6, 6.07) is 10.9. The molecule has 0 aliphatic heterocycles. The van der Waals surface area contributed by atoms with Crippen LogP contribution in [0.3, 0.4) is 0 Å². The third-order valence-electron chi connectivity index (χ3n) is 2.63. The average molecular weight is 288 g/mol. The lowest BCUT2D eigenvalue weighted by Crippen LogP contribution is -1.98. The monoisotopic (exact) mass is 287 g/mol. The highest BCUT2D eigenvalue weighted by atomic mass is 35.5. The van der Waals surface area contributed by atoms with Crippen LogP contribution in [0.1, 0.15) is 5.69 Å². The summed E-state index contributed by atoms with van der Waals surface area (Å²) >= 11 is 5.81. The molecule has 1 aromatic carbocycles. The third-order valence-corrected chi connectivity index (χ3v) is 2.88. The molecule has 0 radical (unpaired) electrons. The van der Waals surface area contributed by atoms with Crippen LogP contribution in [0.2, 0.25) is 5.02 Å². The molecule has 0 unspecified atom stereocenters. The van der Waals surface area contributed by atoms with E-state index in [1.807, 2.05) is 24.3 Å². The number of ether oxygens (including phenoxy) is 1. The maximum atomic E-state index is 5.81. The van der Waals surface area contributed by atoms with Crippen molar-refractivity contribution in [2.45, 2.75) is 6.61 Å². The Morgan fingerprint density at radius 3 is 2.60 bits per heavy atom. The minimum absolute atomic E-state index is 0.383. The van der Waals surface area contributed by atoms with E-state index in [2.05, 4.69) is 25.6 Å². The topological polar surface area (TPSA) is 76.6 Å². The molecule has 2 aromatic heterocycles. The molecular formula is C13H10ClN5O. The Balaban J connectivity index is 1.65. The van der Waals surface area contributed by atoms with Crippen LogP contribution < -0.4 is 4.74 Å². The number of nitrogens with zero attached hydrogens (tertiary/aromatic N) is 4. The largest absolute Gasteiger partial charge is 0.487 e. The smallest absolute Gasteiger partial charge is 0.206 e. The molecule has 0 saturated carbocycles. The van der Waals surface area contributed by atoms with Gasteiger partial charge in [-0.25, -0.2) is 0 Å². The van der Waals surface area contributed by atoms with E-state index in [-0.39, 0.29) is 0 Å². The minimum atomic E-state index is 0.383. The van der Waals surface area contributed by atoms with Gasteiger partial charge in [0, 0.05) is 16.8 Å². The molecule has 7 heteroatoms. The second-order valence-corrected chi connectivity index (χ2v) is 4.45. The van der Waals surface area contributed by atoms with Crippen molar-refractivity contribution >= 4 is 11.6 Å². The van der Waals surface area contributed by atoms with Gasteiger partial charge in [-0.15, -0.1) is 10.2 Å². The van der Waals surface area contributed by atoms with E-state index >= 15 is 0 Å². The molecule has 0 amide bonds. The Morgan fingerprint density at radius 1 is 1.10 bits per heavy atom. The van der Waals surface area contributed by atoms with Crippen molar-refractivity contribution in [3.8, 4) is 17.1 Å². The van der Waals surface area contributed by atoms with Gasteiger partial charge in [0.05, 0.1) is 5.69 Å². The van der Waals surface area contributed by atoms with Crippen LogP contribution in [-0.2, 0) is 6.61 Å². The highest BCUT2D eigenvalue weighted by molar-refractivity contribution is 6.30. The SMILES string of the molecule is Clc1ccc(OCc2ccc(-c3nn[nH]n3)cn2)cc1. The fraction of sp³-hybridized carbons (Fsp3) is 0.0769. The fourth-order valence-corrected chi connectivity index (χ4v) is 1.74. The van der Waals surface area contributed by atoms with E-state index < -0.39 is 0 Å². The molecule has 3 rings (SSSR count). The zero-order valence-electron chi connectivity index (χ0n) is 10.3. The Bertz CT molecular complexity index is 667. The molecule has 2 heterocycles. The number of halogens is 1. The predicted molar refractivity (Wildman–Crippen MR) is 73.2 cm³/mol. The lowest BCUT2D eigenvalue weighted by Gasteiger charge is -2.05.